The molecule has 1 aromatic rings. The first-order valence-corrected chi connectivity index (χ1v) is 6.31. The van der Waals surface area contributed by atoms with E-state index in [9.17, 15) is 0 Å². The Morgan fingerprint density at radius 2 is 2.00 bits per heavy atom. The molecule has 1 fully saturated rings. The normalized spacial score (nSPS) is 17.6. The molecular weight excluding hydrogens is 382 g/mol. The average molecular weight is 389 g/mol. The molecule has 0 amide bonds. The van der Waals surface area contributed by atoms with Gasteiger partial charge in [0.2, 0.25) is 0 Å². The lowest BCUT2D eigenvalue weighted by atomic mass is 10.2. The van der Waals surface area contributed by atoms with Crippen molar-refractivity contribution in [1.82, 2.24) is 0 Å². The van der Waals surface area contributed by atoms with Gasteiger partial charge < -0.3 is 9.47 Å². The molecule has 1 heterocycles. The molecule has 0 radical (unpaired) electrons. The molecule has 1 aliphatic heterocycles. The van der Waals surface area contributed by atoms with Gasteiger partial charge in [-0.05, 0) is 44.6 Å². The van der Waals surface area contributed by atoms with Crippen molar-refractivity contribution in [2.45, 2.75) is 6.29 Å². The van der Waals surface area contributed by atoms with Crippen molar-refractivity contribution in [3.05, 3.63) is 30.8 Å². The van der Waals surface area contributed by atoms with E-state index in [0.29, 0.717) is 13.2 Å². The van der Waals surface area contributed by atoms with Gasteiger partial charge in [-0.2, -0.15) is 0 Å². The smallest absolute Gasteiger partial charge is 0.185 e. The number of ether oxygens (including phenoxy) is 2. The molecule has 2 nitrogen and oxygen atoms in total. The third-order valence-corrected chi connectivity index (χ3v) is 5.29. The van der Waals surface area contributed by atoms with Crippen LogP contribution in [0.25, 0.3) is 0 Å². The fourth-order valence-electron chi connectivity index (χ4n) is 1.26. The van der Waals surface area contributed by atoms with Gasteiger partial charge in [0.1, 0.15) is 0 Å². The lowest BCUT2D eigenvalue weighted by molar-refractivity contribution is -0.0446. The molecular formula is C9H7BrClIO2. The molecule has 1 saturated heterocycles. The average Bonchev–Trinajstić information content (AvgIpc) is 2.67. The monoisotopic (exact) mass is 388 g/mol. The predicted octanol–water partition coefficient (Wildman–Crippen LogP) is 3.75. The fourth-order valence-corrected chi connectivity index (χ4v) is 2.56. The minimum atomic E-state index is -0.254. The van der Waals surface area contributed by atoms with Gasteiger partial charge in [-0.15, -0.1) is 0 Å². The van der Waals surface area contributed by atoms with E-state index in [1.165, 1.54) is 0 Å². The van der Waals surface area contributed by atoms with Gasteiger partial charge in [-0.25, -0.2) is 0 Å². The molecule has 14 heavy (non-hydrogen) atoms. The van der Waals surface area contributed by atoms with Gasteiger partial charge in [0.15, 0.2) is 6.29 Å². The third-order valence-electron chi connectivity index (χ3n) is 1.94. The molecule has 5 heteroatoms. The van der Waals surface area contributed by atoms with Crippen molar-refractivity contribution in [2.75, 3.05) is 13.2 Å². The van der Waals surface area contributed by atoms with E-state index in [-0.39, 0.29) is 6.29 Å². The van der Waals surface area contributed by atoms with Crippen molar-refractivity contribution in [1.29, 1.82) is 0 Å². The first-order chi connectivity index (χ1) is 6.70. The van der Waals surface area contributed by atoms with Gasteiger partial charge >= 0.3 is 0 Å². The summed E-state index contributed by atoms with van der Waals surface area (Å²) in [4.78, 5) is 0. The van der Waals surface area contributed by atoms with E-state index >= 15 is 0 Å². The molecule has 0 saturated carbocycles. The van der Waals surface area contributed by atoms with Crippen molar-refractivity contribution < 1.29 is 9.47 Å². The molecule has 1 aromatic carbocycles. The summed E-state index contributed by atoms with van der Waals surface area (Å²) in [7, 11) is 0. The van der Waals surface area contributed by atoms with Crippen LogP contribution in [0.3, 0.4) is 0 Å². The van der Waals surface area contributed by atoms with Crippen LogP contribution in [0.4, 0.5) is 0 Å². The number of hydrogen-bond donors (Lipinski definition) is 0. The lowest BCUT2D eigenvalue weighted by Gasteiger charge is -2.12. The second kappa shape index (κ2) is 4.65. The lowest BCUT2D eigenvalue weighted by Crippen LogP contribution is -2.00. The SMILES string of the molecule is Clc1ccc(C2OCCO2)c(Br)c1I. The van der Waals surface area contributed by atoms with Gasteiger partial charge in [-0.1, -0.05) is 17.7 Å². The minimum absolute atomic E-state index is 0.254. The van der Waals surface area contributed by atoms with Crippen molar-refractivity contribution in [3.8, 4) is 0 Å². The van der Waals surface area contributed by atoms with Crippen LogP contribution in [0.2, 0.25) is 5.02 Å². The summed E-state index contributed by atoms with van der Waals surface area (Å²) in [6, 6.07) is 3.78. The zero-order chi connectivity index (χ0) is 10.1. The van der Waals surface area contributed by atoms with E-state index in [2.05, 4.69) is 38.5 Å². The molecule has 0 unspecified atom stereocenters. The second-order valence-corrected chi connectivity index (χ2v) is 5.12. The summed E-state index contributed by atoms with van der Waals surface area (Å²) in [5.41, 5.74) is 0.997. The highest BCUT2D eigenvalue weighted by Gasteiger charge is 2.22. The Kier molecular flexibility index (Phi) is 3.70. The van der Waals surface area contributed by atoms with E-state index < -0.39 is 0 Å². The van der Waals surface area contributed by atoms with Crippen molar-refractivity contribution in [3.63, 3.8) is 0 Å². The van der Waals surface area contributed by atoms with Gasteiger partial charge in [-0.3, -0.25) is 0 Å². The number of halogens is 3. The fraction of sp³-hybridized carbons (Fsp3) is 0.333. The van der Waals surface area contributed by atoms with Crippen LogP contribution in [0.15, 0.2) is 16.6 Å². The first-order valence-electron chi connectivity index (χ1n) is 4.07. The summed E-state index contributed by atoms with van der Waals surface area (Å²) < 4.78 is 12.8. The Bertz CT molecular complexity index is 353. The van der Waals surface area contributed by atoms with Crippen LogP contribution < -0.4 is 0 Å². The molecule has 0 atom stereocenters. The number of benzene rings is 1. The Morgan fingerprint density at radius 1 is 1.36 bits per heavy atom. The highest BCUT2D eigenvalue weighted by atomic mass is 127. The van der Waals surface area contributed by atoms with E-state index in [4.69, 9.17) is 21.1 Å². The largest absolute Gasteiger partial charge is 0.346 e. The van der Waals surface area contributed by atoms with Gasteiger partial charge in [0.25, 0.3) is 0 Å². The van der Waals surface area contributed by atoms with Crippen LogP contribution in [0.5, 0.6) is 0 Å². The zero-order valence-electron chi connectivity index (χ0n) is 7.10. The Balaban J connectivity index is 2.38. The number of rotatable bonds is 1. The summed E-state index contributed by atoms with van der Waals surface area (Å²) in [5.74, 6) is 0. The molecule has 0 aromatic heterocycles. The van der Waals surface area contributed by atoms with Crippen LogP contribution in [0.1, 0.15) is 11.9 Å². The predicted molar refractivity (Wildman–Crippen MR) is 66.5 cm³/mol. The highest BCUT2D eigenvalue weighted by Crippen LogP contribution is 2.35. The van der Waals surface area contributed by atoms with Crippen LogP contribution in [-0.2, 0) is 9.47 Å². The summed E-state index contributed by atoms with van der Waals surface area (Å²) in [6.07, 6.45) is -0.254. The zero-order valence-corrected chi connectivity index (χ0v) is 11.6. The van der Waals surface area contributed by atoms with E-state index in [1.54, 1.807) is 0 Å². The Labute approximate surface area is 109 Å². The standard InChI is InChI=1S/C9H7BrClIO2/c10-7-5(9-13-3-4-14-9)1-2-6(11)8(7)12/h1-2,9H,3-4H2. The summed E-state index contributed by atoms with van der Waals surface area (Å²) in [5, 5.41) is 0.735. The Hall–Kier alpha value is 0.640. The third kappa shape index (κ3) is 2.09. The second-order valence-electron chi connectivity index (χ2n) is 2.84. The Morgan fingerprint density at radius 3 is 2.64 bits per heavy atom. The molecule has 0 spiro atoms. The van der Waals surface area contributed by atoms with Crippen LogP contribution >= 0.6 is 50.1 Å². The van der Waals surface area contributed by atoms with E-state index in [1.807, 2.05) is 12.1 Å². The maximum atomic E-state index is 5.97. The molecule has 0 bridgehead atoms. The minimum Gasteiger partial charge on any atom is -0.346 e. The molecule has 0 aliphatic carbocycles. The topological polar surface area (TPSA) is 18.5 Å². The van der Waals surface area contributed by atoms with Crippen LogP contribution in [-0.4, -0.2) is 13.2 Å². The van der Waals surface area contributed by atoms with Crippen LogP contribution in [0, 0.1) is 3.57 Å². The molecule has 76 valence electrons. The molecule has 0 N–H and O–H groups in total. The number of hydrogen-bond acceptors (Lipinski definition) is 2. The van der Waals surface area contributed by atoms with E-state index in [0.717, 1.165) is 18.6 Å². The quantitative estimate of drug-likeness (QED) is 0.538. The highest BCUT2D eigenvalue weighted by molar-refractivity contribution is 14.1. The first kappa shape index (κ1) is 11.1. The van der Waals surface area contributed by atoms with Crippen molar-refractivity contribution in [2.24, 2.45) is 0 Å². The van der Waals surface area contributed by atoms with Gasteiger partial charge in [0.05, 0.1) is 18.2 Å². The summed E-state index contributed by atoms with van der Waals surface area (Å²) >= 11 is 11.7. The maximum Gasteiger partial charge on any atom is 0.185 e. The molecule has 2 rings (SSSR count). The maximum absolute atomic E-state index is 5.97. The molecule has 1 aliphatic rings. The van der Waals surface area contributed by atoms with Crippen molar-refractivity contribution >= 4 is 50.1 Å². The van der Waals surface area contributed by atoms with Gasteiger partial charge in [0, 0.05) is 13.6 Å². The summed E-state index contributed by atoms with van der Waals surface area (Å²) in [6.45, 7) is 1.30.